The van der Waals surface area contributed by atoms with Crippen LogP contribution >= 0.6 is 0 Å². The Hall–Kier alpha value is -2.51. The molecule has 1 aromatic heterocycles. The fourth-order valence-electron chi connectivity index (χ4n) is 5.00. The van der Waals surface area contributed by atoms with Crippen LogP contribution in [-0.4, -0.2) is 64.7 Å². The molecule has 1 spiro atoms. The Balaban J connectivity index is 1.27. The van der Waals surface area contributed by atoms with Gasteiger partial charge < -0.3 is 14.2 Å². The first kappa shape index (κ1) is 19.5. The van der Waals surface area contributed by atoms with Crippen molar-refractivity contribution in [3.05, 3.63) is 63.8 Å². The first-order chi connectivity index (χ1) is 14.6. The van der Waals surface area contributed by atoms with Crippen molar-refractivity contribution in [2.75, 3.05) is 39.4 Å². The van der Waals surface area contributed by atoms with Crippen LogP contribution in [0.4, 0.5) is 0 Å². The first-order valence-electron chi connectivity index (χ1n) is 10.9. The lowest BCUT2D eigenvalue weighted by Crippen LogP contribution is -2.43. The predicted octanol–water partition coefficient (Wildman–Crippen LogP) is 1.55. The summed E-state index contributed by atoms with van der Waals surface area (Å²) in [6.07, 6.45) is 4.76. The van der Waals surface area contributed by atoms with Crippen molar-refractivity contribution >= 4 is 5.91 Å². The van der Waals surface area contributed by atoms with Crippen LogP contribution in [-0.2, 0) is 24.2 Å². The number of carbonyl (C=O) groups is 1. The van der Waals surface area contributed by atoms with Gasteiger partial charge >= 0.3 is 0 Å². The summed E-state index contributed by atoms with van der Waals surface area (Å²) < 4.78 is 7.37. The van der Waals surface area contributed by atoms with Gasteiger partial charge in [-0.2, -0.15) is 4.98 Å². The molecule has 1 amide bonds. The van der Waals surface area contributed by atoms with Crippen LogP contribution in [0.2, 0.25) is 0 Å². The third kappa shape index (κ3) is 3.79. The molecule has 30 heavy (non-hydrogen) atoms. The third-order valence-corrected chi connectivity index (χ3v) is 6.81. The molecule has 0 aliphatic carbocycles. The molecule has 3 aliphatic heterocycles. The smallest absolute Gasteiger partial charge is 0.285 e. The average molecular weight is 409 g/mol. The standard InChI is InChI=1S/C23H28N4O3/c28-21-19(22(29)26-10-12-30-13-11-26)16-27-17-23(14-20(27)24-21)6-8-25(9-7-23)15-18-4-2-1-3-5-18/h1-5,16H,6-15,17H2. The molecule has 0 unspecified atom stereocenters. The molecule has 0 bridgehead atoms. The van der Waals surface area contributed by atoms with Crippen molar-refractivity contribution in [1.29, 1.82) is 0 Å². The van der Waals surface area contributed by atoms with Gasteiger partial charge in [0.25, 0.3) is 11.5 Å². The van der Waals surface area contributed by atoms with Crippen LogP contribution in [0.1, 0.15) is 34.6 Å². The van der Waals surface area contributed by atoms with Crippen molar-refractivity contribution in [3.8, 4) is 0 Å². The summed E-state index contributed by atoms with van der Waals surface area (Å²) in [7, 11) is 0. The van der Waals surface area contributed by atoms with E-state index in [2.05, 4.69) is 44.8 Å². The highest BCUT2D eigenvalue weighted by Crippen LogP contribution is 2.41. The van der Waals surface area contributed by atoms with Crippen molar-refractivity contribution in [2.45, 2.75) is 32.4 Å². The molecule has 0 N–H and O–H groups in total. The molecule has 3 aliphatic rings. The number of amides is 1. The second kappa shape index (κ2) is 7.96. The van der Waals surface area contributed by atoms with Crippen LogP contribution in [0.5, 0.6) is 0 Å². The molecule has 5 rings (SSSR count). The lowest BCUT2D eigenvalue weighted by Gasteiger charge is -2.38. The van der Waals surface area contributed by atoms with E-state index >= 15 is 0 Å². The lowest BCUT2D eigenvalue weighted by atomic mass is 9.77. The van der Waals surface area contributed by atoms with E-state index in [1.807, 2.05) is 0 Å². The summed E-state index contributed by atoms with van der Waals surface area (Å²) in [4.78, 5) is 33.9. The number of morpholine rings is 1. The number of piperidine rings is 1. The Kier molecular flexibility index (Phi) is 5.16. The first-order valence-corrected chi connectivity index (χ1v) is 10.9. The largest absolute Gasteiger partial charge is 0.378 e. The van der Waals surface area contributed by atoms with Crippen LogP contribution < -0.4 is 5.56 Å². The Bertz CT molecular complexity index is 974. The number of rotatable bonds is 3. The molecular formula is C23H28N4O3. The Morgan fingerprint density at radius 1 is 1.07 bits per heavy atom. The van der Waals surface area contributed by atoms with Gasteiger partial charge in [-0.05, 0) is 36.9 Å². The average Bonchev–Trinajstić information content (AvgIpc) is 3.12. The third-order valence-electron chi connectivity index (χ3n) is 6.81. The zero-order valence-electron chi connectivity index (χ0n) is 17.3. The fourth-order valence-corrected chi connectivity index (χ4v) is 5.00. The van der Waals surface area contributed by atoms with Gasteiger partial charge in [-0.3, -0.25) is 14.5 Å². The number of ether oxygens (including phenoxy) is 1. The van der Waals surface area contributed by atoms with Gasteiger partial charge in [0.05, 0.1) is 13.2 Å². The minimum absolute atomic E-state index is 0.153. The summed E-state index contributed by atoms with van der Waals surface area (Å²) >= 11 is 0. The highest BCUT2D eigenvalue weighted by molar-refractivity contribution is 5.93. The molecule has 2 aromatic rings. The Morgan fingerprint density at radius 3 is 2.53 bits per heavy atom. The number of nitrogens with zero attached hydrogens (tertiary/aromatic N) is 4. The van der Waals surface area contributed by atoms with Gasteiger partial charge in [0.1, 0.15) is 11.4 Å². The molecular weight excluding hydrogens is 380 g/mol. The number of likely N-dealkylation sites (tertiary alicyclic amines) is 1. The van der Waals surface area contributed by atoms with E-state index in [-0.39, 0.29) is 16.9 Å². The van der Waals surface area contributed by atoms with Crippen molar-refractivity contribution < 1.29 is 9.53 Å². The van der Waals surface area contributed by atoms with Gasteiger partial charge in [0.2, 0.25) is 0 Å². The monoisotopic (exact) mass is 408 g/mol. The van der Waals surface area contributed by atoms with Gasteiger partial charge in [0, 0.05) is 38.8 Å². The van der Waals surface area contributed by atoms with E-state index < -0.39 is 5.56 Å². The molecule has 7 nitrogen and oxygen atoms in total. The molecule has 1 aromatic carbocycles. The molecule has 4 heterocycles. The highest BCUT2D eigenvalue weighted by Gasteiger charge is 2.41. The minimum Gasteiger partial charge on any atom is -0.378 e. The van der Waals surface area contributed by atoms with Gasteiger partial charge in [-0.1, -0.05) is 30.3 Å². The number of hydrogen-bond acceptors (Lipinski definition) is 5. The van der Waals surface area contributed by atoms with E-state index in [9.17, 15) is 9.59 Å². The quantitative estimate of drug-likeness (QED) is 0.771. The van der Waals surface area contributed by atoms with Crippen molar-refractivity contribution in [3.63, 3.8) is 0 Å². The van der Waals surface area contributed by atoms with Gasteiger partial charge in [-0.25, -0.2) is 0 Å². The summed E-state index contributed by atoms with van der Waals surface area (Å²) in [6.45, 7) is 6.03. The number of aromatic nitrogens is 2. The summed E-state index contributed by atoms with van der Waals surface area (Å²) in [6, 6.07) is 10.6. The predicted molar refractivity (Wildman–Crippen MR) is 112 cm³/mol. The van der Waals surface area contributed by atoms with Crippen molar-refractivity contribution in [2.24, 2.45) is 5.41 Å². The number of carbonyl (C=O) groups excluding carboxylic acids is 1. The number of fused-ring (bicyclic) bond motifs is 1. The normalized spacial score (nSPS) is 21.0. The molecule has 7 heteroatoms. The minimum atomic E-state index is -0.392. The van der Waals surface area contributed by atoms with Crippen molar-refractivity contribution in [1.82, 2.24) is 19.4 Å². The summed E-state index contributed by atoms with van der Waals surface area (Å²) in [5.74, 6) is 0.611. The maximum atomic E-state index is 12.8. The van der Waals surface area contributed by atoms with E-state index in [0.29, 0.717) is 26.3 Å². The maximum absolute atomic E-state index is 12.8. The lowest BCUT2D eigenvalue weighted by molar-refractivity contribution is 0.0301. The molecule has 0 atom stereocenters. The Labute approximate surface area is 176 Å². The van der Waals surface area contributed by atoms with E-state index in [1.54, 1.807) is 11.1 Å². The number of hydrogen-bond donors (Lipinski definition) is 0. The van der Waals surface area contributed by atoms with Crippen LogP contribution in [0.25, 0.3) is 0 Å². The van der Waals surface area contributed by atoms with E-state index in [0.717, 1.165) is 51.3 Å². The van der Waals surface area contributed by atoms with Crippen LogP contribution in [0.15, 0.2) is 41.3 Å². The second-order valence-corrected chi connectivity index (χ2v) is 8.85. The summed E-state index contributed by atoms with van der Waals surface area (Å²) in [5.41, 5.74) is 1.30. The van der Waals surface area contributed by atoms with E-state index in [4.69, 9.17) is 4.74 Å². The Morgan fingerprint density at radius 2 is 1.80 bits per heavy atom. The maximum Gasteiger partial charge on any atom is 0.285 e. The van der Waals surface area contributed by atoms with Gasteiger partial charge in [0.15, 0.2) is 0 Å². The summed E-state index contributed by atoms with van der Waals surface area (Å²) in [5, 5.41) is 0. The fraction of sp³-hybridized carbons (Fsp3) is 0.522. The molecule has 0 saturated carbocycles. The molecule has 158 valence electrons. The highest BCUT2D eigenvalue weighted by atomic mass is 16.5. The topological polar surface area (TPSA) is 67.7 Å². The molecule has 0 radical (unpaired) electrons. The second-order valence-electron chi connectivity index (χ2n) is 8.85. The zero-order chi connectivity index (χ0) is 20.6. The zero-order valence-corrected chi connectivity index (χ0v) is 17.3. The SMILES string of the molecule is O=C(c1cn2c(nc1=O)CC1(CCN(Cc3ccccc3)CC1)C2)N1CCOCC1. The van der Waals surface area contributed by atoms with Crippen LogP contribution in [0, 0.1) is 5.41 Å². The molecule has 2 fully saturated rings. The van der Waals surface area contributed by atoms with Crippen LogP contribution in [0.3, 0.4) is 0 Å². The molecule has 2 saturated heterocycles. The van der Waals surface area contributed by atoms with E-state index in [1.165, 1.54) is 5.56 Å². The number of benzene rings is 1. The van der Waals surface area contributed by atoms with Gasteiger partial charge in [-0.15, -0.1) is 0 Å².